The Bertz CT molecular complexity index is 1270. The predicted octanol–water partition coefficient (Wildman–Crippen LogP) is 3.45. The van der Waals surface area contributed by atoms with E-state index < -0.39 is 0 Å². The molecule has 2 N–H and O–H groups in total. The Morgan fingerprint density at radius 3 is 2.79 bits per heavy atom. The van der Waals surface area contributed by atoms with E-state index in [1.165, 1.54) is 11.3 Å². The lowest BCUT2D eigenvalue weighted by atomic mass is 9.73. The van der Waals surface area contributed by atoms with Gasteiger partial charge in [0, 0.05) is 43.3 Å². The lowest BCUT2D eigenvalue weighted by Crippen LogP contribution is -2.58. The van der Waals surface area contributed by atoms with Gasteiger partial charge in [-0.15, -0.1) is 11.3 Å². The quantitative estimate of drug-likeness (QED) is 0.602. The molecule has 0 saturated carbocycles. The number of piperidine rings is 1. The molecule has 34 heavy (non-hydrogen) atoms. The average Bonchev–Trinajstić information content (AvgIpc) is 3.44. The standard InChI is InChI=1S/C25H26N6O2S/c1-16-2-3-17-12-31(23(33)18(17)10-16)24-29-20(13-34-24)22(32)28-19-11-26-7-4-21(19)30-8-5-25(6-9-30)14-27-15-25/h2-4,7,10-11,13,27H,5-6,8-9,12,14-15H2,1H3,(H,28,32). The van der Waals surface area contributed by atoms with Gasteiger partial charge in [0.25, 0.3) is 11.8 Å². The highest BCUT2D eigenvalue weighted by molar-refractivity contribution is 7.14. The van der Waals surface area contributed by atoms with Crippen LogP contribution in [0.3, 0.4) is 0 Å². The van der Waals surface area contributed by atoms with Crippen molar-refractivity contribution in [2.45, 2.75) is 26.3 Å². The molecule has 3 aromatic rings. The van der Waals surface area contributed by atoms with E-state index in [-0.39, 0.29) is 11.8 Å². The fourth-order valence-corrected chi connectivity index (χ4v) is 5.86. The van der Waals surface area contributed by atoms with Crippen LogP contribution >= 0.6 is 11.3 Å². The van der Waals surface area contributed by atoms with Gasteiger partial charge in [-0.1, -0.05) is 17.7 Å². The molecule has 2 amide bonds. The Hall–Kier alpha value is -3.30. The minimum absolute atomic E-state index is 0.0703. The Balaban J connectivity index is 1.17. The lowest BCUT2D eigenvalue weighted by Gasteiger charge is -2.49. The van der Waals surface area contributed by atoms with Gasteiger partial charge in [0.15, 0.2) is 5.13 Å². The van der Waals surface area contributed by atoms with Crippen LogP contribution in [0.15, 0.2) is 42.0 Å². The number of pyridine rings is 1. The minimum Gasteiger partial charge on any atom is -0.370 e. The molecule has 0 aliphatic carbocycles. The van der Waals surface area contributed by atoms with Gasteiger partial charge in [-0.25, -0.2) is 4.98 Å². The van der Waals surface area contributed by atoms with Crippen LogP contribution in [0.5, 0.6) is 0 Å². The first-order valence-corrected chi connectivity index (χ1v) is 12.5. The van der Waals surface area contributed by atoms with Crippen molar-refractivity contribution in [2.75, 3.05) is 41.3 Å². The van der Waals surface area contributed by atoms with E-state index in [9.17, 15) is 9.59 Å². The van der Waals surface area contributed by atoms with E-state index in [4.69, 9.17) is 0 Å². The molecule has 0 unspecified atom stereocenters. The summed E-state index contributed by atoms with van der Waals surface area (Å²) in [5, 5.41) is 8.63. The molecule has 0 radical (unpaired) electrons. The number of carbonyl (C=O) groups excluding carboxylic acids is 2. The number of anilines is 3. The van der Waals surface area contributed by atoms with Gasteiger partial charge in [-0.2, -0.15) is 0 Å². The van der Waals surface area contributed by atoms with Crippen molar-refractivity contribution in [1.29, 1.82) is 0 Å². The smallest absolute Gasteiger partial charge is 0.275 e. The number of nitrogens with zero attached hydrogens (tertiary/aromatic N) is 4. The van der Waals surface area contributed by atoms with E-state index in [0.29, 0.717) is 34.0 Å². The van der Waals surface area contributed by atoms with Crippen LogP contribution in [-0.2, 0) is 6.54 Å². The monoisotopic (exact) mass is 474 g/mol. The summed E-state index contributed by atoms with van der Waals surface area (Å²) in [6.07, 6.45) is 5.76. The number of amides is 2. The Kier molecular flexibility index (Phi) is 5.11. The number of hydrogen-bond acceptors (Lipinski definition) is 7. The van der Waals surface area contributed by atoms with Crippen molar-refractivity contribution in [1.82, 2.24) is 15.3 Å². The zero-order chi connectivity index (χ0) is 23.3. The topological polar surface area (TPSA) is 90.5 Å². The van der Waals surface area contributed by atoms with Crippen molar-refractivity contribution >= 4 is 39.7 Å². The van der Waals surface area contributed by atoms with Crippen LogP contribution in [0.1, 0.15) is 44.8 Å². The van der Waals surface area contributed by atoms with Gasteiger partial charge in [0.2, 0.25) is 0 Å². The van der Waals surface area contributed by atoms with E-state index in [1.54, 1.807) is 22.7 Å². The number of nitrogens with one attached hydrogen (secondary N) is 2. The van der Waals surface area contributed by atoms with Crippen molar-refractivity contribution < 1.29 is 9.59 Å². The van der Waals surface area contributed by atoms with Gasteiger partial charge >= 0.3 is 0 Å². The maximum atomic E-state index is 13.1. The van der Waals surface area contributed by atoms with Gasteiger partial charge in [0.1, 0.15) is 5.69 Å². The number of rotatable bonds is 4. The molecule has 9 heteroatoms. The van der Waals surface area contributed by atoms with Crippen LogP contribution in [0.4, 0.5) is 16.5 Å². The molecule has 3 aliphatic rings. The average molecular weight is 475 g/mol. The van der Waals surface area contributed by atoms with E-state index >= 15 is 0 Å². The first kappa shape index (κ1) is 21.2. The number of aromatic nitrogens is 2. The normalized spacial score (nSPS) is 18.7. The first-order chi connectivity index (χ1) is 16.5. The van der Waals surface area contributed by atoms with Crippen LogP contribution in [-0.4, -0.2) is 48.0 Å². The predicted molar refractivity (Wildman–Crippen MR) is 133 cm³/mol. The number of hydrogen-bond donors (Lipinski definition) is 2. The minimum atomic E-state index is -0.298. The second-order valence-corrected chi connectivity index (χ2v) is 10.3. The maximum absolute atomic E-state index is 13.1. The van der Waals surface area contributed by atoms with Crippen LogP contribution in [0.2, 0.25) is 0 Å². The highest BCUT2D eigenvalue weighted by Gasteiger charge is 2.40. The third kappa shape index (κ3) is 3.65. The molecular formula is C25H26N6O2S. The summed E-state index contributed by atoms with van der Waals surface area (Å²) in [6.45, 7) is 6.59. The number of aryl methyl sites for hydroxylation is 1. The Morgan fingerprint density at radius 2 is 2.03 bits per heavy atom. The molecule has 0 atom stereocenters. The molecule has 2 aromatic heterocycles. The summed E-state index contributed by atoms with van der Waals surface area (Å²) in [5.74, 6) is -0.368. The summed E-state index contributed by atoms with van der Waals surface area (Å²) in [5.41, 5.74) is 5.17. The summed E-state index contributed by atoms with van der Waals surface area (Å²) < 4.78 is 0. The molecule has 174 valence electrons. The number of thiazole rings is 1. The summed E-state index contributed by atoms with van der Waals surface area (Å²) in [7, 11) is 0. The van der Waals surface area contributed by atoms with Crippen LogP contribution in [0.25, 0.3) is 0 Å². The Morgan fingerprint density at radius 1 is 1.21 bits per heavy atom. The SMILES string of the molecule is Cc1ccc2c(c1)C(=O)N(c1nc(C(=O)Nc3cnccc3N3CCC4(CC3)CNC4)cs1)C2. The van der Waals surface area contributed by atoms with Crippen molar-refractivity contribution in [3.05, 3.63) is 64.4 Å². The van der Waals surface area contributed by atoms with Crippen molar-refractivity contribution in [2.24, 2.45) is 5.41 Å². The third-order valence-corrected chi connectivity index (χ3v) is 8.10. The van der Waals surface area contributed by atoms with Crippen molar-refractivity contribution in [3.8, 4) is 0 Å². The van der Waals surface area contributed by atoms with Gasteiger partial charge in [-0.05, 0) is 42.9 Å². The number of fused-ring (bicyclic) bond motifs is 1. The highest BCUT2D eigenvalue weighted by atomic mass is 32.1. The summed E-state index contributed by atoms with van der Waals surface area (Å²) in [4.78, 5) is 38.6. The fraction of sp³-hybridized carbons (Fsp3) is 0.360. The fourth-order valence-electron chi connectivity index (χ4n) is 5.06. The zero-order valence-corrected chi connectivity index (χ0v) is 19.8. The highest BCUT2D eigenvalue weighted by Crippen LogP contribution is 2.38. The van der Waals surface area contributed by atoms with Crippen LogP contribution in [0, 0.1) is 12.3 Å². The summed E-state index contributed by atoms with van der Waals surface area (Å²) >= 11 is 1.31. The molecule has 3 aliphatic heterocycles. The molecule has 1 aromatic carbocycles. The number of carbonyl (C=O) groups is 2. The molecule has 1 spiro atoms. The van der Waals surface area contributed by atoms with Gasteiger partial charge in [-0.3, -0.25) is 19.5 Å². The number of benzene rings is 1. The second kappa shape index (κ2) is 8.18. The van der Waals surface area contributed by atoms with E-state index in [1.807, 2.05) is 31.2 Å². The van der Waals surface area contributed by atoms with Gasteiger partial charge in [0.05, 0.1) is 24.1 Å². The largest absolute Gasteiger partial charge is 0.370 e. The van der Waals surface area contributed by atoms with Crippen LogP contribution < -0.4 is 20.4 Å². The lowest BCUT2D eigenvalue weighted by molar-refractivity contribution is 0.0991. The van der Waals surface area contributed by atoms with E-state index in [2.05, 4.69) is 25.5 Å². The maximum Gasteiger partial charge on any atom is 0.275 e. The molecule has 2 saturated heterocycles. The van der Waals surface area contributed by atoms with Crippen molar-refractivity contribution in [3.63, 3.8) is 0 Å². The first-order valence-electron chi connectivity index (χ1n) is 11.6. The molecule has 2 fully saturated rings. The van der Waals surface area contributed by atoms with Gasteiger partial charge < -0.3 is 15.5 Å². The zero-order valence-electron chi connectivity index (χ0n) is 19.0. The molecule has 8 nitrogen and oxygen atoms in total. The second-order valence-electron chi connectivity index (χ2n) is 9.50. The van der Waals surface area contributed by atoms with E-state index in [0.717, 1.165) is 55.8 Å². The third-order valence-electron chi connectivity index (χ3n) is 7.24. The molecule has 5 heterocycles. The molecule has 0 bridgehead atoms. The molecule has 6 rings (SSSR count). The molecular weight excluding hydrogens is 448 g/mol. The summed E-state index contributed by atoms with van der Waals surface area (Å²) in [6, 6.07) is 7.86. The Labute approximate surface area is 202 Å².